The zero-order valence-corrected chi connectivity index (χ0v) is 16.6. The second-order valence-corrected chi connectivity index (χ2v) is 7.29. The summed E-state index contributed by atoms with van der Waals surface area (Å²) >= 11 is 5.90. The fraction of sp³-hybridized carbons (Fsp3) is 0.227. The zero-order valence-electron chi connectivity index (χ0n) is 15.8. The maximum Gasteiger partial charge on any atom is 0.224 e. The third-order valence-electron chi connectivity index (χ3n) is 5.04. The molecule has 0 fully saturated rings. The van der Waals surface area contributed by atoms with E-state index in [1.54, 1.807) is 36.7 Å². The van der Waals surface area contributed by atoms with Gasteiger partial charge in [-0.3, -0.25) is 9.78 Å². The van der Waals surface area contributed by atoms with E-state index < -0.39 is 6.67 Å². The minimum absolute atomic E-state index is 0.0401. The molecular weight excluding hydrogens is 393 g/mol. The molecule has 1 amide bonds. The Kier molecular flexibility index (Phi) is 5.45. The number of ether oxygens (including phenoxy) is 1. The van der Waals surface area contributed by atoms with Crippen molar-refractivity contribution in [2.45, 2.75) is 33.0 Å². The normalized spacial score (nSPS) is 13.0. The molecule has 1 aliphatic heterocycles. The molecular formula is C22H19ClFN3O2. The molecule has 0 bridgehead atoms. The molecule has 5 nitrogen and oxygen atoms in total. The predicted octanol–water partition coefficient (Wildman–Crippen LogP) is 5.04. The third-order valence-corrected chi connectivity index (χ3v) is 5.25. The summed E-state index contributed by atoms with van der Waals surface area (Å²) in [4.78, 5) is 20.1. The lowest BCUT2D eigenvalue weighted by atomic mass is 9.91. The van der Waals surface area contributed by atoms with Crippen molar-refractivity contribution in [3.63, 3.8) is 0 Å². The number of anilines is 1. The molecule has 3 aromatic rings. The Morgan fingerprint density at radius 1 is 1.17 bits per heavy atom. The summed E-state index contributed by atoms with van der Waals surface area (Å²) < 4.78 is 19.5. The van der Waals surface area contributed by atoms with Crippen LogP contribution in [-0.2, 0) is 24.5 Å². The first kappa shape index (κ1) is 19.3. The number of alkyl halides is 1. The molecule has 0 saturated heterocycles. The molecule has 1 N–H and O–H groups in total. The average molecular weight is 412 g/mol. The maximum absolute atomic E-state index is 13.8. The Morgan fingerprint density at radius 2 is 2.03 bits per heavy atom. The van der Waals surface area contributed by atoms with Gasteiger partial charge in [0.25, 0.3) is 0 Å². The number of aryl methyl sites for hydroxylation is 1. The second-order valence-electron chi connectivity index (χ2n) is 6.91. The molecule has 7 heteroatoms. The van der Waals surface area contributed by atoms with Gasteiger partial charge in [0, 0.05) is 41.7 Å². The van der Waals surface area contributed by atoms with Gasteiger partial charge >= 0.3 is 0 Å². The highest BCUT2D eigenvalue weighted by atomic mass is 35.5. The van der Waals surface area contributed by atoms with E-state index in [1.165, 1.54) is 0 Å². The van der Waals surface area contributed by atoms with E-state index in [-0.39, 0.29) is 12.5 Å². The molecule has 0 spiro atoms. The first-order chi connectivity index (χ1) is 14.0. The van der Waals surface area contributed by atoms with Crippen molar-refractivity contribution >= 4 is 23.2 Å². The van der Waals surface area contributed by atoms with Crippen LogP contribution in [0.2, 0.25) is 5.15 Å². The largest absolute Gasteiger partial charge is 0.473 e. The summed E-state index contributed by atoms with van der Waals surface area (Å²) in [6.45, 7) is 1.60. The number of halogens is 2. The van der Waals surface area contributed by atoms with Crippen molar-refractivity contribution in [2.75, 3.05) is 5.32 Å². The minimum Gasteiger partial charge on any atom is -0.473 e. The van der Waals surface area contributed by atoms with E-state index in [4.69, 9.17) is 16.3 Å². The molecule has 1 aliphatic rings. The maximum atomic E-state index is 13.8. The summed E-state index contributed by atoms with van der Waals surface area (Å²) in [7, 11) is 0. The molecule has 0 unspecified atom stereocenters. The van der Waals surface area contributed by atoms with Crippen LogP contribution in [0.5, 0.6) is 5.88 Å². The van der Waals surface area contributed by atoms with Crippen LogP contribution in [-0.4, -0.2) is 15.9 Å². The van der Waals surface area contributed by atoms with Gasteiger partial charge in [0.15, 0.2) is 0 Å². The van der Waals surface area contributed by atoms with Gasteiger partial charge in [-0.1, -0.05) is 17.7 Å². The fourth-order valence-electron chi connectivity index (χ4n) is 3.44. The predicted molar refractivity (Wildman–Crippen MR) is 110 cm³/mol. The fourth-order valence-corrected chi connectivity index (χ4v) is 3.60. The van der Waals surface area contributed by atoms with Crippen LogP contribution < -0.4 is 10.1 Å². The number of hydrogen-bond donors (Lipinski definition) is 1. The molecule has 29 heavy (non-hydrogen) atoms. The Morgan fingerprint density at radius 3 is 2.83 bits per heavy atom. The number of pyridine rings is 2. The highest BCUT2D eigenvalue weighted by Crippen LogP contribution is 2.35. The lowest BCUT2D eigenvalue weighted by molar-refractivity contribution is -0.116. The van der Waals surface area contributed by atoms with Crippen molar-refractivity contribution in [1.82, 2.24) is 9.97 Å². The Hall–Kier alpha value is -2.99. The third kappa shape index (κ3) is 4.07. The van der Waals surface area contributed by atoms with Gasteiger partial charge in [0.05, 0.1) is 0 Å². The lowest BCUT2D eigenvalue weighted by Crippen LogP contribution is -2.19. The molecule has 0 radical (unpaired) electrons. The number of fused-ring (bicyclic) bond motifs is 1. The van der Waals surface area contributed by atoms with Gasteiger partial charge in [-0.25, -0.2) is 9.37 Å². The lowest BCUT2D eigenvalue weighted by Gasteiger charge is -2.21. The first-order valence-corrected chi connectivity index (χ1v) is 9.64. The van der Waals surface area contributed by atoms with E-state index >= 15 is 0 Å². The summed E-state index contributed by atoms with van der Waals surface area (Å²) in [5, 5.41) is 3.18. The molecule has 4 rings (SSSR count). The Bertz CT molecular complexity index is 1090. The van der Waals surface area contributed by atoms with E-state index in [1.807, 2.05) is 13.0 Å². The molecule has 1 aromatic carbocycles. The van der Waals surface area contributed by atoms with Crippen molar-refractivity contribution in [3.05, 3.63) is 70.1 Å². The second kappa shape index (κ2) is 8.17. The molecule has 2 aromatic heterocycles. The minimum atomic E-state index is -0.634. The molecule has 0 aliphatic carbocycles. The van der Waals surface area contributed by atoms with Crippen LogP contribution >= 0.6 is 11.6 Å². The number of benzene rings is 1. The molecule has 0 saturated carbocycles. The summed E-state index contributed by atoms with van der Waals surface area (Å²) in [6, 6.07) is 8.86. The SMILES string of the molecule is Cc1c(COc2cccc(Cl)n2)cncc1-c1cc2c(cc1CF)NC(=O)CC2. The van der Waals surface area contributed by atoms with Gasteiger partial charge in [0.2, 0.25) is 11.8 Å². The van der Waals surface area contributed by atoms with Gasteiger partial charge in [-0.15, -0.1) is 0 Å². The number of hydrogen-bond acceptors (Lipinski definition) is 4. The monoisotopic (exact) mass is 411 g/mol. The van der Waals surface area contributed by atoms with Crippen molar-refractivity contribution < 1.29 is 13.9 Å². The number of aromatic nitrogens is 2. The highest BCUT2D eigenvalue weighted by Gasteiger charge is 2.19. The van der Waals surface area contributed by atoms with Crippen LogP contribution in [0, 0.1) is 6.92 Å². The number of carbonyl (C=O) groups is 1. The first-order valence-electron chi connectivity index (χ1n) is 9.26. The van der Waals surface area contributed by atoms with Crippen molar-refractivity contribution in [3.8, 4) is 17.0 Å². The van der Waals surface area contributed by atoms with Gasteiger partial charge < -0.3 is 10.1 Å². The number of amides is 1. The summed E-state index contributed by atoms with van der Waals surface area (Å²) in [6.07, 6.45) is 4.53. The summed E-state index contributed by atoms with van der Waals surface area (Å²) in [5.41, 5.74) is 5.67. The van der Waals surface area contributed by atoms with Crippen LogP contribution in [0.15, 0.2) is 42.7 Å². The van der Waals surface area contributed by atoms with E-state index in [0.29, 0.717) is 35.1 Å². The molecule has 148 valence electrons. The smallest absolute Gasteiger partial charge is 0.224 e. The molecule has 3 heterocycles. The number of nitrogens with one attached hydrogen (secondary N) is 1. The van der Waals surface area contributed by atoms with Gasteiger partial charge in [-0.2, -0.15) is 0 Å². The van der Waals surface area contributed by atoms with Crippen LogP contribution in [0.25, 0.3) is 11.1 Å². The number of rotatable bonds is 5. The van der Waals surface area contributed by atoms with E-state index in [2.05, 4.69) is 15.3 Å². The van der Waals surface area contributed by atoms with Crippen LogP contribution in [0.3, 0.4) is 0 Å². The number of carbonyl (C=O) groups excluding carboxylic acids is 1. The Balaban J connectivity index is 1.67. The summed E-state index contributed by atoms with van der Waals surface area (Å²) in [5.74, 6) is 0.387. The Labute approximate surface area is 172 Å². The average Bonchev–Trinajstić information content (AvgIpc) is 2.72. The number of nitrogens with zero attached hydrogens (tertiary/aromatic N) is 2. The highest BCUT2D eigenvalue weighted by molar-refractivity contribution is 6.29. The standard InChI is InChI=1S/C22H19ClFN3O2/c1-13-16(12-29-22-4-2-3-20(23)27-22)10-25-11-18(13)17-7-14-5-6-21(28)26-19(14)8-15(17)9-24/h2-4,7-8,10-11H,5-6,9,12H2,1H3,(H,26,28). The quantitative estimate of drug-likeness (QED) is 0.597. The van der Waals surface area contributed by atoms with E-state index in [0.717, 1.165) is 27.8 Å². The van der Waals surface area contributed by atoms with Gasteiger partial charge in [-0.05, 0) is 53.8 Å². The van der Waals surface area contributed by atoms with Crippen molar-refractivity contribution in [2.24, 2.45) is 0 Å². The van der Waals surface area contributed by atoms with Gasteiger partial charge in [0.1, 0.15) is 18.4 Å². The van der Waals surface area contributed by atoms with E-state index in [9.17, 15) is 9.18 Å². The van der Waals surface area contributed by atoms with Crippen molar-refractivity contribution in [1.29, 1.82) is 0 Å². The topological polar surface area (TPSA) is 64.1 Å². The van der Waals surface area contributed by atoms with Crippen LogP contribution in [0.1, 0.15) is 28.7 Å². The molecule has 0 atom stereocenters. The van der Waals surface area contributed by atoms with Crippen LogP contribution in [0.4, 0.5) is 10.1 Å². The zero-order chi connectivity index (χ0) is 20.4.